The standard InChI is InChI=1S/C18H20N2O5S/c1-25-18(22)15-7-2-14(3-8-15)12-20-17(21)11-6-13-4-9-16(10-5-13)26(19,23)24/h2-5,7-10H,6,11-12H2,1H3,(H,20,21)(H2,19,23,24). The largest absolute Gasteiger partial charge is 0.465 e. The van der Waals surface area contributed by atoms with Crippen molar-refractivity contribution in [1.29, 1.82) is 0 Å². The lowest BCUT2D eigenvalue weighted by atomic mass is 10.1. The van der Waals surface area contributed by atoms with E-state index in [1.807, 2.05) is 0 Å². The minimum atomic E-state index is -3.71. The fourth-order valence-electron chi connectivity index (χ4n) is 2.27. The molecule has 0 aromatic heterocycles. The first kappa shape index (κ1) is 19.6. The van der Waals surface area contributed by atoms with Crippen molar-refractivity contribution in [2.75, 3.05) is 7.11 Å². The number of methoxy groups -OCH3 is 1. The average molecular weight is 376 g/mol. The number of nitrogens with one attached hydrogen (secondary N) is 1. The highest BCUT2D eigenvalue weighted by Gasteiger charge is 2.08. The van der Waals surface area contributed by atoms with Gasteiger partial charge in [0.15, 0.2) is 0 Å². The van der Waals surface area contributed by atoms with Gasteiger partial charge in [-0.3, -0.25) is 4.79 Å². The Morgan fingerprint density at radius 1 is 1.00 bits per heavy atom. The molecule has 1 amide bonds. The number of hydrogen-bond donors (Lipinski definition) is 2. The molecule has 0 radical (unpaired) electrons. The van der Waals surface area contributed by atoms with E-state index in [4.69, 9.17) is 5.14 Å². The normalized spacial score (nSPS) is 11.0. The van der Waals surface area contributed by atoms with E-state index in [2.05, 4.69) is 10.1 Å². The van der Waals surface area contributed by atoms with Crippen LogP contribution < -0.4 is 10.5 Å². The van der Waals surface area contributed by atoms with Crippen molar-refractivity contribution in [3.8, 4) is 0 Å². The van der Waals surface area contributed by atoms with Crippen molar-refractivity contribution in [2.45, 2.75) is 24.3 Å². The van der Waals surface area contributed by atoms with Gasteiger partial charge in [0.05, 0.1) is 17.6 Å². The maximum atomic E-state index is 11.9. The minimum Gasteiger partial charge on any atom is -0.465 e. The van der Waals surface area contributed by atoms with Crippen LogP contribution in [0.3, 0.4) is 0 Å². The van der Waals surface area contributed by atoms with Gasteiger partial charge in [0.25, 0.3) is 0 Å². The molecule has 2 rings (SSSR count). The molecule has 0 aliphatic rings. The summed E-state index contributed by atoms with van der Waals surface area (Å²) in [4.78, 5) is 23.3. The SMILES string of the molecule is COC(=O)c1ccc(CNC(=O)CCc2ccc(S(N)(=O)=O)cc2)cc1. The van der Waals surface area contributed by atoms with Crippen LogP contribution in [0.2, 0.25) is 0 Å². The van der Waals surface area contributed by atoms with Gasteiger partial charge in [-0.25, -0.2) is 18.4 Å². The molecule has 7 nitrogen and oxygen atoms in total. The van der Waals surface area contributed by atoms with E-state index >= 15 is 0 Å². The third kappa shape index (κ3) is 5.68. The third-order valence-electron chi connectivity index (χ3n) is 3.76. The number of carbonyl (C=O) groups is 2. The average Bonchev–Trinajstić information content (AvgIpc) is 2.64. The van der Waals surface area contributed by atoms with Gasteiger partial charge in [-0.2, -0.15) is 0 Å². The summed E-state index contributed by atoms with van der Waals surface area (Å²) in [5.41, 5.74) is 2.16. The van der Waals surface area contributed by atoms with E-state index in [0.717, 1.165) is 11.1 Å². The second-order valence-electron chi connectivity index (χ2n) is 5.65. The molecule has 0 unspecified atom stereocenters. The zero-order valence-corrected chi connectivity index (χ0v) is 15.1. The molecule has 0 heterocycles. The fraction of sp³-hybridized carbons (Fsp3) is 0.222. The lowest BCUT2D eigenvalue weighted by Gasteiger charge is -2.07. The van der Waals surface area contributed by atoms with Gasteiger partial charge in [-0.15, -0.1) is 0 Å². The van der Waals surface area contributed by atoms with E-state index < -0.39 is 16.0 Å². The molecule has 0 saturated carbocycles. The molecule has 0 fully saturated rings. The van der Waals surface area contributed by atoms with Gasteiger partial charge < -0.3 is 10.1 Å². The Morgan fingerprint density at radius 2 is 1.58 bits per heavy atom. The van der Waals surface area contributed by atoms with Crippen LogP contribution in [0.25, 0.3) is 0 Å². The Kier molecular flexibility index (Phi) is 6.48. The Balaban J connectivity index is 1.81. The van der Waals surface area contributed by atoms with Gasteiger partial charge in [0.2, 0.25) is 15.9 Å². The first-order valence-electron chi connectivity index (χ1n) is 7.85. The van der Waals surface area contributed by atoms with Crippen LogP contribution in [0.15, 0.2) is 53.4 Å². The minimum absolute atomic E-state index is 0.0427. The van der Waals surface area contributed by atoms with Crippen LogP contribution in [0.1, 0.15) is 27.9 Å². The highest BCUT2D eigenvalue weighted by molar-refractivity contribution is 7.89. The van der Waals surface area contributed by atoms with Crippen molar-refractivity contribution in [3.05, 3.63) is 65.2 Å². The lowest BCUT2D eigenvalue weighted by molar-refractivity contribution is -0.121. The van der Waals surface area contributed by atoms with Gasteiger partial charge in [0, 0.05) is 13.0 Å². The number of rotatable bonds is 7. The van der Waals surface area contributed by atoms with Crippen LogP contribution >= 0.6 is 0 Å². The highest BCUT2D eigenvalue weighted by Crippen LogP contribution is 2.10. The summed E-state index contributed by atoms with van der Waals surface area (Å²) >= 11 is 0. The van der Waals surface area contributed by atoms with Crippen LogP contribution in [0.4, 0.5) is 0 Å². The summed E-state index contributed by atoms with van der Waals surface area (Å²) in [7, 11) is -2.39. The number of primary sulfonamides is 1. The maximum absolute atomic E-state index is 11.9. The molecule has 0 atom stereocenters. The van der Waals surface area contributed by atoms with Crippen LogP contribution in [0.5, 0.6) is 0 Å². The molecule has 2 aromatic rings. The number of esters is 1. The van der Waals surface area contributed by atoms with Gasteiger partial charge >= 0.3 is 5.97 Å². The molecule has 0 aliphatic carbocycles. The number of sulfonamides is 1. The second kappa shape index (κ2) is 8.59. The zero-order valence-electron chi connectivity index (χ0n) is 14.3. The molecule has 2 aromatic carbocycles. The topological polar surface area (TPSA) is 116 Å². The Labute approximate surface area is 152 Å². The smallest absolute Gasteiger partial charge is 0.337 e. The summed E-state index contributed by atoms with van der Waals surface area (Å²) in [6.07, 6.45) is 0.757. The molecule has 26 heavy (non-hydrogen) atoms. The number of ether oxygens (including phenoxy) is 1. The van der Waals surface area contributed by atoms with E-state index in [0.29, 0.717) is 18.5 Å². The monoisotopic (exact) mass is 376 g/mol. The molecule has 0 spiro atoms. The molecule has 138 valence electrons. The molecule has 0 aliphatic heterocycles. The number of aryl methyl sites for hydroxylation is 1. The van der Waals surface area contributed by atoms with Crippen molar-refractivity contribution < 1.29 is 22.7 Å². The second-order valence-corrected chi connectivity index (χ2v) is 7.22. The van der Waals surface area contributed by atoms with E-state index in [1.54, 1.807) is 36.4 Å². The number of benzene rings is 2. The quantitative estimate of drug-likeness (QED) is 0.708. The Hall–Kier alpha value is -2.71. The Morgan fingerprint density at radius 3 is 2.12 bits per heavy atom. The van der Waals surface area contributed by atoms with Gasteiger partial charge in [-0.1, -0.05) is 24.3 Å². The van der Waals surface area contributed by atoms with Crippen LogP contribution in [0, 0.1) is 0 Å². The summed E-state index contributed by atoms with van der Waals surface area (Å²) in [6, 6.07) is 12.9. The molecule has 3 N–H and O–H groups in total. The highest BCUT2D eigenvalue weighted by atomic mass is 32.2. The van der Waals surface area contributed by atoms with Crippen LogP contribution in [-0.4, -0.2) is 27.4 Å². The predicted octanol–water partition coefficient (Wildman–Crippen LogP) is 1.37. The van der Waals surface area contributed by atoms with Crippen molar-refractivity contribution in [2.24, 2.45) is 5.14 Å². The summed E-state index contributed by atoms with van der Waals surface area (Å²) in [5.74, 6) is -0.536. The molecule has 0 bridgehead atoms. The van der Waals surface area contributed by atoms with Crippen molar-refractivity contribution >= 4 is 21.9 Å². The molecule has 0 saturated heterocycles. The molecular weight excluding hydrogens is 356 g/mol. The maximum Gasteiger partial charge on any atom is 0.337 e. The van der Waals surface area contributed by atoms with E-state index in [1.165, 1.54) is 19.2 Å². The van der Waals surface area contributed by atoms with Crippen molar-refractivity contribution in [1.82, 2.24) is 5.32 Å². The fourth-order valence-corrected chi connectivity index (χ4v) is 2.78. The zero-order chi connectivity index (χ0) is 19.2. The number of amides is 1. The number of nitrogens with two attached hydrogens (primary N) is 1. The molecule has 8 heteroatoms. The van der Waals surface area contributed by atoms with E-state index in [9.17, 15) is 18.0 Å². The molecular formula is C18H20N2O5S. The predicted molar refractivity (Wildman–Crippen MR) is 95.8 cm³/mol. The summed E-state index contributed by atoms with van der Waals surface area (Å²) < 4.78 is 27.0. The summed E-state index contributed by atoms with van der Waals surface area (Å²) in [5, 5.41) is 7.84. The number of hydrogen-bond acceptors (Lipinski definition) is 5. The Bertz CT molecular complexity index is 875. The summed E-state index contributed by atoms with van der Waals surface area (Å²) in [6.45, 7) is 0.352. The first-order valence-corrected chi connectivity index (χ1v) is 9.40. The number of carbonyl (C=O) groups excluding carboxylic acids is 2. The van der Waals surface area contributed by atoms with Crippen molar-refractivity contribution in [3.63, 3.8) is 0 Å². The van der Waals surface area contributed by atoms with Gasteiger partial charge in [0.1, 0.15) is 0 Å². The van der Waals surface area contributed by atoms with Crippen LogP contribution in [-0.2, 0) is 32.5 Å². The lowest BCUT2D eigenvalue weighted by Crippen LogP contribution is -2.23. The first-order chi connectivity index (χ1) is 12.3. The van der Waals surface area contributed by atoms with Gasteiger partial charge in [-0.05, 0) is 41.8 Å². The third-order valence-corrected chi connectivity index (χ3v) is 4.69. The van der Waals surface area contributed by atoms with E-state index in [-0.39, 0.29) is 17.2 Å².